The van der Waals surface area contributed by atoms with Crippen molar-refractivity contribution in [2.45, 2.75) is 19.8 Å². The second-order valence-electron chi connectivity index (χ2n) is 7.96. The van der Waals surface area contributed by atoms with Crippen LogP contribution < -0.4 is 11.1 Å². The van der Waals surface area contributed by atoms with E-state index >= 15 is 0 Å². The maximum Gasteiger partial charge on any atom is 0.259 e. The number of amides is 2. The Morgan fingerprint density at radius 2 is 1.67 bits per heavy atom. The van der Waals surface area contributed by atoms with E-state index in [1.807, 2.05) is 54.6 Å². The smallest absolute Gasteiger partial charge is 0.259 e. The molecule has 1 aromatic heterocycles. The number of nitrogens with zero attached hydrogens (tertiary/aromatic N) is 2. The Hall–Kier alpha value is -4.26. The van der Waals surface area contributed by atoms with E-state index in [0.29, 0.717) is 17.2 Å². The van der Waals surface area contributed by atoms with Crippen molar-refractivity contribution in [3.05, 3.63) is 102 Å². The lowest BCUT2D eigenvalue weighted by Crippen LogP contribution is -2.16. The first kappa shape index (κ1) is 22.0. The van der Waals surface area contributed by atoms with Crippen LogP contribution in [0.4, 0.5) is 10.1 Å². The van der Waals surface area contributed by atoms with E-state index in [9.17, 15) is 14.0 Å². The number of carbonyl (C=O) groups is 2. The number of halogens is 1. The van der Waals surface area contributed by atoms with Crippen molar-refractivity contribution < 1.29 is 14.0 Å². The van der Waals surface area contributed by atoms with Gasteiger partial charge in [-0.15, -0.1) is 0 Å². The predicted molar refractivity (Wildman–Crippen MR) is 126 cm³/mol. The number of aromatic nitrogens is 2. The molecule has 3 N–H and O–H groups in total. The fraction of sp³-hybridized carbons (Fsp3) is 0.115. The molecule has 7 heteroatoms. The molecule has 0 unspecified atom stereocenters. The average Bonchev–Trinajstić information content (AvgIpc) is 3.26. The van der Waals surface area contributed by atoms with Gasteiger partial charge in [0.15, 0.2) is 0 Å². The Kier molecular flexibility index (Phi) is 6.04. The summed E-state index contributed by atoms with van der Waals surface area (Å²) in [4.78, 5) is 24.7. The molecule has 0 saturated heterocycles. The van der Waals surface area contributed by atoms with E-state index in [4.69, 9.17) is 5.73 Å². The van der Waals surface area contributed by atoms with E-state index < -0.39 is 17.6 Å². The maximum absolute atomic E-state index is 13.8. The Balaban J connectivity index is 1.74. The number of benzene rings is 3. The third-order valence-corrected chi connectivity index (χ3v) is 5.32. The Bertz CT molecular complexity index is 1310. The van der Waals surface area contributed by atoms with E-state index in [2.05, 4.69) is 24.3 Å². The molecule has 166 valence electrons. The summed E-state index contributed by atoms with van der Waals surface area (Å²) in [7, 11) is 0. The van der Waals surface area contributed by atoms with Gasteiger partial charge in [0.2, 0.25) is 0 Å². The molecule has 0 radical (unpaired) electrons. The number of carbonyl (C=O) groups excluding carboxylic acids is 2. The van der Waals surface area contributed by atoms with Crippen LogP contribution in [-0.2, 0) is 0 Å². The molecule has 1 heterocycles. The summed E-state index contributed by atoms with van der Waals surface area (Å²) in [5.41, 5.74) is 8.79. The van der Waals surface area contributed by atoms with Gasteiger partial charge in [-0.2, -0.15) is 5.10 Å². The molecule has 0 aliphatic rings. The van der Waals surface area contributed by atoms with Crippen molar-refractivity contribution in [3.63, 3.8) is 0 Å². The highest BCUT2D eigenvalue weighted by atomic mass is 19.1. The van der Waals surface area contributed by atoms with E-state index in [1.54, 1.807) is 10.9 Å². The van der Waals surface area contributed by atoms with Crippen LogP contribution in [0.2, 0.25) is 0 Å². The summed E-state index contributed by atoms with van der Waals surface area (Å²) in [6.45, 7) is 4.22. The van der Waals surface area contributed by atoms with Gasteiger partial charge in [0.05, 0.1) is 16.8 Å². The summed E-state index contributed by atoms with van der Waals surface area (Å²) in [6.07, 6.45) is 1.65. The number of nitrogens with two attached hydrogens (primary N) is 1. The molecule has 0 atom stereocenters. The molecule has 0 bridgehead atoms. The van der Waals surface area contributed by atoms with Crippen molar-refractivity contribution in [2.24, 2.45) is 5.73 Å². The SMILES string of the molecule is CC(C)c1ccc(-c2nn(-c3ccccc3)cc2C(=O)Nc2ccc(F)c(C(N)=O)c2)cc1. The molecule has 0 fully saturated rings. The minimum absolute atomic E-state index is 0.253. The van der Waals surface area contributed by atoms with Crippen molar-refractivity contribution in [2.75, 3.05) is 5.32 Å². The number of primary amides is 1. The van der Waals surface area contributed by atoms with Gasteiger partial charge in [0.1, 0.15) is 11.5 Å². The molecular weight excluding hydrogens is 419 g/mol. The zero-order valence-electron chi connectivity index (χ0n) is 18.2. The molecule has 3 aromatic carbocycles. The molecule has 0 spiro atoms. The van der Waals surface area contributed by atoms with Crippen LogP contribution in [0.3, 0.4) is 0 Å². The number of para-hydroxylation sites is 1. The molecule has 2 amide bonds. The lowest BCUT2D eigenvalue weighted by molar-refractivity contribution is 0.0992. The first-order valence-corrected chi connectivity index (χ1v) is 10.5. The monoisotopic (exact) mass is 442 g/mol. The highest BCUT2D eigenvalue weighted by Gasteiger charge is 2.20. The van der Waals surface area contributed by atoms with E-state index in [0.717, 1.165) is 17.3 Å². The van der Waals surface area contributed by atoms with Crippen LogP contribution in [0.15, 0.2) is 79.0 Å². The minimum Gasteiger partial charge on any atom is -0.366 e. The summed E-state index contributed by atoms with van der Waals surface area (Å²) in [5.74, 6) is -1.72. The highest BCUT2D eigenvalue weighted by Crippen LogP contribution is 2.27. The quantitative estimate of drug-likeness (QED) is 0.433. The summed E-state index contributed by atoms with van der Waals surface area (Å²) in [5, 5.41) is 7.39. The summed E-state index contributed by atoms with van der Waals surface area (Å²) >= 11 is 0. The average molecular weight is 442 g/mol. The second-order valence-corrected chi connectivity index (χ2v) is 7.96. The number of anilines is 1. The third-order valence-electron chi connectivity index (χ3n) is 5.32. The molecule has 6 nitrogen and oxygen atoms in total. The normalized spacial score (nSPS) is 10.9. The number of hydrogen-bond donors (Lipinski definition) is 2. The van der Waals surface area contributed by atoms with Gasteiger partial charge >= 0.3 is 0 Å². The fourth-order valence-corrected chi connectivity index (χ4v) is 3.48. The van der Waals surface area contributed by atoms with Crippen LogP contribution in [0.5, 0.6) is 0 Å². The molecule has 4 rings (SSSR count). The number of nitrogens with one attached hydrogen (secondary N) is 1. The van der Waals surface area contributed by atoms with Crippen molar-refractivity contribution in [3.8, 4) is 16.9 Å². The van der Waals surface area contributed by atoms with Crippen LogP contribution >= 0.6 is 0 Å². The molecule has 0 aliphatic heterocycles. The lowest BCUT2D eigenvalue weighted by Gasteiger charge is -2.08. The van der Waals surface area contributed by atoms with Crippen LogP contribution in [0.25, 0.3) is 16.9 Å². The third kappa shape index (κ3) is 4.67. The van der Waals surface area contributed by atoms with Crippen molar-refractivity contribution in [1.29, 1.82) is 0 Å². The Labute approximate surface area is 190 Å². The van der Waals surface area contributed by atoms with E-state index in [1.165, 1.54) is 17.7 Å². The number of hydrogen-bond acceptors (Lipinski definition) is 3. The maximum atomic E-state index is 13.8. The lowest BCUT2D eigenvalue weighted by atomic mass is 10.00. The molecule has 4 aromatic rings. The van der Waals surface area contributed by atoms with Gasteiger partial charge in [-0.1, -0.05) is 56.3 Å². The fourth-order valence-electron chi connectivity index (χ4n) is 3.48. The first-order chi connectivity index (χ1) is 15.8. The van der Waals surface area contributed by atoms with Crippen molar-refractivity contribution >= 4 is 17.5 Å². The zero-order chi connectivity index (χ0) is 23.5. The first-order valence-electron chi connectivity index (χ1n) is 10.5. The van der Waals surface area contributed by atoms with Gasteiger partial charge in [-0.25, -0.2) is 9.07 Å². The molecule has 0 aliphatic carbocycles. The second kappa shape index (κ2) is 9.08. The predicted octanol–water partition coefficient (Wildman–Crippen LogP) is 5.15. The number of rotatable bonds is 6. The minimum atomic E-state index is -0.911. The van der Waals surface area contributed by atoms with Gasteiger partial charge in [-0.3, -0.25) is 9.59 Å². The summed E-state index contributed by atoms with van der Waals surface area (Å²) in [6, 6.07) is 21.0. The van der Waals surface area contributed by atoms with Crippen LogP contribution in [-0.4, -0.2) is 21.6 Å². The standard InChI is InChI=1S/C26H23FN4O2/c1-16(2)17-8-10-18(11-9-17)24-22(15-31(30-24)20-6-4-3-5-7-20)26(33)29-19-12-13-23(27)21(14-19)25(28)32/h3-16H,1-2H3,(H2,28,32)(H,29,33). The van der Waals surface area contributed by atoms with Gasteiger partial charge in [0, 0.05) is 17.4 Å². The molecular formula is C26H23FN4O2. The largest absolute Gasteiger partial charge is 0.366 e. The molecule has 0 saturated carbocycles. The Morgan fingerprint density at radius 1 is 0.970 bits per heavy atom. The van der Waals surface area contributed by atoms with Crippen LogP contribution in [0, 0.1) is 5.82 Å². The van der Waals surface area contributed by atoms with E-state index in [-0.39, 0.29) is 11.3 Å². The van der Waals surface area contributed by atoms with Gasteiger partial charge in [0.25, 0.3) is 11.8 Å². The summed E-state index contributed by atoms with van der Waals surface area (Å²) < 4.78 is 15.5. The van der Waals surface area contributed by atoms with Crippen molar-refractivity contribution in [1.82, 2.24) is 9.78 Å². The van der Waals surface area contributed by atoms with Gasteiger partial charge in [-0.05, 0) is 41.8 Å². The molecule has 33 heavy (non-hydrogen) atoms. The van der Waals surface area contributed by atoms with Gasteiger partial charge < -0.3 is 11.1 Å². The highest BCUT2D eigenvalue weighted by molar-refractivity contribution is 6.08. The zero-order valence-corrected chi connectivity index (χ0v) is 18.2. The topological polar surface area (TPSA) is 90.0 Å². The van der Waals surface area contributed by atoms with Crippen LogP contribution in [0.1, 0.15) is 46.0 Å². The Morgan fingerprint density at radius 3 is 2.30 bits per heavy atom.